The summed E-state index contributed by atoms with van der Waals surface area (Å²) < 4.78 is 27.9. The maximum absolute atomic E-state index is 12.7. The molecular formula is C53H99NO10. The Morgan fingerprint density at radius 1 is 0.375 bits per heavy atom. The summed E-state index contributed by atoms with van der Waals surface area (Å²) in [7, 11) is 3.88. The molecule has 64 heavy (non-hydrogen) atoms. The van der Waals surface area contributed by atoms with Gasteiger partial charge in [-0.1, -0.05) is 169 Å². The number of ether oxygens (including phenoxy) is 5. The van der Waals surface area contributed by atoms with Crippen molar-refractivity contribution >= 4 is 29.8 Å². The highest BCUT2D eigenvalue weighted by atomic mass is 16.6. The van der Waals surface area contributed by atoms with E-state index in [4.69, 9.17) is 23.7 Å². The maximum Gasteiger partial charge on any atom is 0.308 e. The van der Waals surface area contributed by atoms with Crippen molar-refractivity contribution in [1.29, 1.82) is 0 Å². The largest absolute Gasteiger partial charge is 0.465 e. The molecule has 2 atom stereocenters. The van der Waals surface area contributed by atoms with Crippen LogP contribution in [0, 0.1) is 11.8 Å². The fraction of sp³-hybridized carbons (Fsp3) is 0.906. The third-order valence-electron chi connectivity index (χ3n) is 12.0. The number of carbonyl (C=O) groups is 5. The zero-order chi connectivity index (χ0) is 47.3. The van der Waals surface area contributed by atoms with Gasteiger partial charge in [-0.2, -0.15) is 0 Å². The molecule has 11 heteroatoms. The third kappa shape index (κ3) is 39.7. The number of esters is 5. The Labute approximate surface area is 392 Å². The summed E-state index contributed by atoms with van der Waals surface area (Å²) in [5.41, 5.74) is 0. The van der Waals surface area contributed by atoms with Crippen molar-refractivity contribution in [3.63, 3.8) is 0 Å². The van der Waals surface area contributed by atoms with E-state index in [1.54, 1.807) is 0 Å². The number of nitrogens with zero attached hydrogens (tertiary/aromatic N) is 1. The summed E-state index contributed by atoms with van der Waals surface area (Å²) >= 11 is 0. The molecule has 0 aromatic heterocycles. The standard InChI is InChI=1S/C53H99NO10/c1-7-11-15-27-36-46(34-13-9-3)52(58)60-42-31-25-21-17-19-23-29-38-49(55)62-44-48(64-51(57)40-33-41-54(5)6)45-63-50(56)39-30-24-20-18-22-26-32-43-61-53(59)47(35-14-10-4)37-28-16-12-8-2/h46-48H,7-45H2,1-6H3. The first kappa shape index (κ1) is 61.3. The van der Waals surface area contributed by atoms with Gasteiger partial charge in [0.1, 0.15) is 13.2 Å². The van der Waals surface area contributed by atoms with Gasteiger partial charge in [-0.3, -0.25) is 24.0 Å². The number of hydrogen-bond donors (Lipinski definition) is 0. The molecule has 0 spiro atoms. The van der Waals surface area contributed by atoms with Gasteiger partial charge < -0.3 is 28.6 Å². The van der Waals surface area contributed by atoms with Gasteiger partial charge in [-0.05, 0) is 78.4 Å². The van der Waals surface area contributed by atoms with Crippen molar-refractivity contribution in [3.05, 3.63) is 0 Å². The minimum Gasteiger partial charge on any atom is -0.465 e. The molecule has 11 nitrogen and oxygen atoms in total. The van der Waals surface area contributed by atoms with Crippen molar-refractivity contribution in [2.45, 2.75) is 252 Å². The van der Waals surface area contributed by atoms with Gasteiger partial charge >= 0.3 is 29.8 Å². The number of hydrogen-bond acceptors (Lipinski definition) is 11. The van der Waals surface area contributed by atoms with E-state index in [-0.39, 0.29) is 68.2 Å². The Hall–Kier alpha value is -2.69. The van der Waals surface area contributed by atoms with Crippen molar-refractivity contribution in [3.8, 4) is 0 Å². The summed E-state index contributed by atoms with van der Waals surface area (Å²) in [5, 5.41) is 0. The molecule has 0 radical (unpaired) electrons. The molecule has 0 N–H and O–H groups in total. The first-order chi connectivity index (χ1) is 31.1. The Kier molecular flexibility index (Phi) is 43.6. The van der Waals surface area contributed by atoms with Crippen molar-refractivity contribution < 1.29 is 47.7 Å². The first-order valence-electron chi connectivity index (χ1n) is 26.6. The second-order valence-electron chi connectivity index (χ2n) is 18.5. The van der Waals surface area contributed by atoms with Gasteiger partial charge in [0.25, 0.3) is 0 Å². The van der Waals surface area contributed by atoms with E-state index in [0.717, 1.165) is 148 Å². The summed E-state index contributed by atoms with van der Waals surface area (Å²) in [5.74, 6) is -1.05. The van der Waals surface area contributed by atoms with E-state index in [0.29, 0.717) is 32.5 Å². The average Bonchev–Trinajstić information content (AvgIpc) is 3.27. The Morgan fingerprint density at radius 2 is 0.719 bits per heavy atom. The molecule has 0 fully saturated rings. The van der Waals surface area contributed by atoms with Gasteiger partial charge in [0.15, 0.2) is 6.10 Å². The predicted molar refractivity (Wildman–Crippen MR) is 259 cm³/mol. The molecule has 0 heterocycles. The lowest BCUT2D eigenvalue weighted by Gasteiger charge is -2.18. The number of rotatable bonds is 47. The van der Waals surface area contributed by atoms with Gasteiger partial charge in [0.05, 0.1) is 25.0 Å². The Bertz CT molecular complexity index is 1060. The molecule has 0 aromatic rings. The van der Waals surface area contributed by atoms with Crippen LogP contribution in [0.25, 0.3) is 0 Å². The van der Waals surface area contributed by atoms with Crippen LogP contribution in [0.2, 0.25) is 0 Å². The minimum atomic E-state index is -0.848. The molecule has 0 saturated heterocycles. The SMILES string of the molecule is CCCCCCC(CCCC)C(=O)OCCCCCCCCCC(=O)OCC(COC(=O)CCCCCCCCCOC(=O)C(CCCC)CCCCCC)OC(=O)CCCN(C)C. The first-order valence-corrected chi connectivity index (χ1v) is 26.6. The normalized spacial score (nSPS) is 12.7. The molecule has 376 valence electrons. The van der Waals surface area contributed by atoms with Crippen molar-refractivity contribution in [2.75, 3.05) is 47.1 Å². The zero-order valence-corrected chi connectivity index (χ0v) is 42.3. The lowest BCUT2D eigenvalue weighted by atomic mass is 9.95. The quantitative estimate of drug-likeness (QED) is 0.0328. The van der Waals surface area contributed by atoms with Crippen LogP contribution < -0.4 is 0 Å². The van der Waals surface area contributed by atoms with Crippen LogP contribution in [0.15, 0.2) is 0 Å². The van der Waals surface area contributed by atoms with E-state index < -0.39 is 12.1 Å². The van der Waals surface area contributed by atoms with Crippen LogP contribution in [0.1, 0.15) is 246 Å². The second-order valence-corrected chi connectivity index (χ2v) is 18.5. The van der Waals surface area contributed by atoms with Gasteiger partial charge in [-0.15, -0.1) is 0 Å². The highest BCUT2D eigenvalue weighted by Gasteiger charge is 2.21. The molecule has 2 unspecified atom stereocenters. The van der Waals surface area contributed by atoms with Crippen LogP contribution >= 0.6 is 0 Å². The predicted octanol–water partition coefficient (Wildman–Crippen LogP) is 13.2. The molecule has 0 aliphatic rings. The fourth-order valence-corrected chi connectivity index (χ4v) is 7.80. The summed E-state index contributed by atoms with van der Waals surface area (Å²) in [6.45, 7) is 10.2. The van der Waals surface area contributed by atoms with Crippen LogP contribution in [-0.2, 0) is 47.7 Å². The third-order valence-corrected chi connectivity index (χ3v) is 12.0. The Morgan fingerprint density at radius 3 is 1.11 bits per heavy atom. The van der Waals surface area contributed by atoms with E-state index in [1.165, 1.54) is 38.5 Å². The molecule has 0 aromatic carbocycles. The number of carbonyl (C=O) groups excluding carboxylic acids is 5. The summed E-state index contributed by atoms with van der Waals surface area (Å²) in [6.07, 6.45) is 31.5. The topological polar surface area (TPSA) is 135 Å². The van der Waals surface area contributed by atoms with E-state index in [2.05, 4.69) is 27.7 Å². The highest BCUT2D eigenvalue weighted by molar-refractivity contribution is 5.73. The lowest BCUT2D eigenvalue weighted by molar-refractivity contribution is -0.167. The minimum absolute atomic E-state index is 0.0147. The van der Waals surface area contributed by atoms with Crippen LogP contribution in [-0.4, -0.2) is 87.9 Å². The van der Waals surface area contributed by atoms with Crippen molar-refractivity contribution in [2.24, 2.45) is 11.8 Å². The fourth-order valence-electron chi connectivity index (χ4n) is 7.80. The smallest absolute Gasteiger partial charge is 0.308 e. The summed E-state index contributed by atoms with van der Waals surface area (Å²) in [4.78, 5) is 65.0. The zero-order valence-electron chi connectivity index (χ0n) is 42.3. The van der Waals surface area contributed by atoms with Gasteiger partial charge in [0, 0.05) is 19.3 Å². The molecule has 0 rings (SSSR count). The Balaban J connectivity index is 4.34. The van der Waals surface area contributed by atoms with Gasteiger partial charge in [0.2, 0.25) is 0 Å². The van der Waals surface area contributed by atoms with Crippen molar-refractivity contribution in [1.82, 2.24) is 4.90 Å². The van der Waals surface area contributed by atoms with Crippen LogP contribution in [0.5, 0.6) is 0 Å². The number of unbranched alkanes of at least 4 members (excludes halogenated alkanes) is 20. The van der Waals surface area contributed by atoms with Crippen LogP contribution in [0.3, 0.4) is 0 Å². The van der Waals surface area contributed by atoms with E-state index in [1.807, 2.05) is 19.0 Å². The van der Waals surface area contributed by atoms with Crippen LogP contribution in [0.4, 0.5) is 0 Å². The lowest BCUT2D eigenvalue weighted by Crippen LogP contribution is -2.31. The second kappa shape index (κ2) is 45.5. The highest BCUT2D eigenvalue weighted by Crippen LogP contribution is 2.21. The van der Waals surface area contributed by atoms with Gasteiger partial charge in [-0.25, -0.2) is 0 Å². The average molecular weight is 910 g/mol. The maximum atomic E-state index is 12.7. The van der Waals surface area contributed by atoms with E-state index >= 15 is 0 Å². The molecule has 0 bridgehead atoms. The molecule has 0 aliphatic heterocycles. The summed E-state index contributed by atoms with van der Waals surface area (Å²) in [6, 6.07) is 0. The molecule has 0 aliphatic carbocycles. The molecule has 0 saturated carbocycles. The molecular weight excluding hydrogens is 811 g/mol. The monoisotopic (exact) mass is 910 g/mol. The van der Waals surface area contributed by atoms with E-state index in [9.17, 15) is 24.0 Å². The molecule has 0 amide bonds.